The summed E-state index contributed by atoms with van der Waals surface area (Å²) in [4.78, 5) is 15.0. The van der Waals surface area contributed by atoms with Gasteiger partial charge in [0.25, 0.3) is 0 Å². The Labute approximate surface area is 522 Å². The molecule has 14 aromatic carbocycles. The number of benzene rings is 14. The third-order valence-corrected chi connectivity index (χ3v) is 20.0. The van der Waals surface area contributed by atoms with E-state index in [1.165, 1.54) is 111 Å². The molecule has 0 atom stereocenters. The van der Waals surface area contributed by atoms with E-state index in [4.69, 9.17) is 9.97 Å². The predicted molar refractivity (Wildman–Crippen MR) is 370 cm³/mol. The van der Waals surface area contributed by atoms with Crippen molar-refractivity contribution in [2.45, 2.75) is 10.8 Å². The molecule has 0 N–H and O–H groups in total. The van der Waals surface area contributed by atoms with E-state index < -0.39 is 10.8 Å². The van der Waals surface area contributed by atoms with Crippen LogP contribution in [0.4, 0.5) is 34.1 Å². The highest BCUT2D eigenvalue weighted by Crippen LogP contribution is 2.65. The Balaban J connectivity index is 0.717. The molecule has 4 aliphatic rings. The van der Waals surface area contributed by atoms with Gasteiger partial charge in [0.05, 0.1) is 22.2 Å². The van der Waals surface area contributed by atoms with Crippen LogP contribution < -0.4 is 9.80 Å². The molecular formula is C86H54N4. The summed E-state index contributed by atoms with van der Waals surface area (Å²) in [5, 5.41) is 4.77. The Bertz CT molecular complexity index is 5000. The minimum Gasteiger partial charge on any atom is -0.310 e. The average Bonchev–Trinajstić information content (AvgIpc) is 1.52. The number of hydrogen-bond acceptors (Lipinski definition) is 4. The highest BCUT2D eigenvalue weighted by molar-refractivity contribution is 6.00. The monoisotopic (exact) mass is 1140 g/mol. The third-order valence-electron chi connectivity index (χ3n) is 20.0. The Morgan fingerprint density at radius 1 is 0.200 bits per heavy atom. The maximum atomic E-state index is 5.10. The summed E-state index contributed by atoms with van der Waals surface area (Å²) in [5.74, 6) is 0. The quantitative estimate of drug-likeness (QED) is 0.152. The molecule has 0 radical (unpaired) electrons. The van der Waals surface area contributed by atoms with Crippen molar-refractivity contribution in [3.8, 4) is 67.0 Å². The highest BCUT2D eigenvalue weighted by atomic mass is 15.1. The number of rotatable bonds is 8. The summed E-state index contributed by atoms with van der Waals surface area (Å²) < 4.78 is 0. The van der Waals surface area contributed by atoms with Crippen LogP contribution in [0, 0.1) is 0 Å². The standard InChI is InChI=1S/C86H54N4/c1-3-19-59-51-63(43-33-55(59)17-1)89(65-45-47-73-71-25-9-15-31-79(71)85(81(73)53-65)75-27-11-5-21-67(75)68-22-6-12-28-76(68)85)61-39-35-57(36-40-61)83-84(88-50-49-87-83)58-37-41-62(42-38-58)90(64-44-34-56-18-2-4-20-60(56)52-64)66-46-48-74-72-26-10-16-32-80(72)86(82(74)54-66)77-29-13-7-23-69(77)70-24-8-14-30-78(70)86/h1-54H. The lowest BCUT2D eigenvalue weighted by Gasteiger charge is -2.32. The molecule has 0 aliphatic heterocycles. The Hall–Kier alpha value is -11.7. The zero-order valence-electron chi connectivity index (χ0n) is 49.0. The molecule has 0 fully saturated rings. The molecule has 0 unspecified atom stereocenters. The number of hydrogen-bond donors (Lipinski definition) is 0. The van der Waals surface area contributed by atoms with Crippen molar-refractivity contribution in [3.05, 3.63) is 372 Å². The van der Waals surface area contributed by atoms with E-state index >= 15 is 0 Å². The van der Waals surface area contributed by atoms with Gasteiger partial charge in [-0.1, -0.05) is 243 Å². The Morgan fingerprint density at radius 2 is 0.456 bits per heavy atom. The van der Waals surface area contributed by atoms with Crippen LogP contribution in [0.2, 0.25) is 0 Å². The van der Waals surface area contributed by atoms with Crippen molar-refractivity contribution in [1.82, 2.24) is 9.97 Å². The maximum absolute atomic E-state index is 5.10. The molecule has 1 aromatic heterocycles. The first-order valence-corrected chi connectivity index (χ1v) is 31.1. The fraction of sp³-hybridized carbons (Fsp3) is 0.0233. The second-order valence-electron chi connectivity index (χ2n) is 24.3. The summed E-state index contributed by atoms with van der Waals surface area (Å²) in [5.41, 5.74) is 29.9. The fourth-order valence-electron chi connectivity index (χ4n) is 16.3. The van der Waals surface area contributed by atoms with Gasteiger partial charge in [0.15, 0.2) is 0 Å². The van der Waals surface area contributed by atoms with Crippen LogP contribution in [0.15, 0.2) is 328 Å². The van der Waals surface area contributed by atoms with Crippen LogP contribution in [0.5, 0.6) is 0 Å². The summed E-state index contributed by atoms with van der Waals surface area (Å²) in [7, 11) is 0. The lowest BCUT2D eigenvalue weighted by Crippen LogP contribution is -2.26. The molecule has 15 aromatic rings. The largest absolute Gasteiger partial charge is 0.310 e. The minimum absolute atomic E-state index is 0.475. The predicted octanol–water partition coefficient (Wildman–Crippen LogP) is 21.7. The molecule has 4 aliphatic carbocycles. The third kappa shape index (κ3) is 7.07. The lowest BCUT2D eigenvalue weighted by molar-refractivity contribution is 0.793. The molecule has 1 heterocycles. The first-order chi connectivity index (χ1) is 44.6. The van der Waals surface area contributed by atoms with Crippen molar-refractivity contribution in [2.75, 3.05) is 9.80 Å². The van der Waals surface area contributed by atoms with E-state index in [-0.39, 0.29) is 0 Å². The zero-order chi connectivity index (χ0) is 59.1. The normalized spacial score (nSPS) is 13.5. The summed E-state index contributed by atoms with van der Waals surface area (Å²) in [6.45, 7) is 0. The van der Waals surface area contributed by atoms with E-state index in [1.54, 1.807) is 0 Å². The van der Waals surface area contributed by atoms with Gasteiger partial charge in [-0.05, 0) is 183 Å². The summed E-state index contributed by atoms with van der Waals surface area (Å²) in [6, 6.07) is 117. The van der Waals surface area contributed by atoms with Crippen LogP contribution in [0.1, 0.15) is 44.5 Å². The van der Waals surface area contributed by atoms with Gasteiger partial charge in [-0.15, -0.1) is 0 Å². The summed E-state index contributed by atoms with van der Waals surface area (Å²) >= 11 is 0. The number of anilines is 6. The molecule has 90 heavy (non-hydrogen) atoms. The van der Waals surface area contributed by atoms with Crippen molar-refractivity contribution in [1.29, 1.82) is 0 Å². The first kappa shape index (κ1) is 50.4. The van der Waals surface area contributed by atoms with Gasteiger partial charge in [-0.25, -0.2) is 0 Å². The molecule has 4 nitrogen and oxygen atoms in total. The van der Waals surface area contributed by atoms with Crippen molar-refractivity contribution >= 4 is 55.7 Å². The Morgan fingerprint density at radius 3 is 0.789 bits per heavy atom. The van der Waals surface area contributed by atoms with Gasteiger partial charge in [-0.2, -0.15) is 0 Å². The van der Waals surface area contributed by atoms with Crippen LogP contribution >= 0.6 is 0 Å². The minimum atomic E-state index is -0.475. The molecule has 0 bridgehead atoms. The van der Waals surface area contributed by atoms with Crippen molar-refractivity contribution < 1.29 is 0 Å². The van der Waals surface area contributed by atoms with Crippen molar-refractivity contribution in [2.24, 2.45) is 0 Å². The SMILES string of the molecule is c1ccc2c(c1)-c1ccccc1C21c2ccccc2-c2ccc(N(c3ccc(-c4nccnc4-c4ccc(N(c5ccc6c(c5)C5(c7ccccc7-c7ccccc75)c5ccccc5-6)c5ccc6ccccc6c5)cc4)cc3)c3ccc4ccccc4c3)cc21. The number of nitrogens with zero attached hydrogens (tertiary/aromatic N) is 4. The topological polar surface area (TPSA) is 32.3 Å². The molecule has 418 valence electrons. The Kier molecular flexibility index (Phi) is 10.9. The second kappa shape index (κ2) is 19.4. The van der Waals surface area contributed by atoms with Crippen LogP contribution in [0.3, 0.4) is 0 Å². The van der Waals surface area contributed by atoms with E-state index in [0.717, 1.165) is 56.6 Å². The van der Waals surface area contributed by atoms with Gasteiger partial charge in [-0.3, -0.25) is 9.97 Å². The van der Waals surface area contributed by atoms with E-state index in [1.807, 2.05) is 12.4 Å². The molecule has 2 spiro atoms. The van der Waals surface area contributed by atoms with Crippen LogP contribution in [0.25, 0.3) is 88.6 Å². The molecule has 0 saturated carbocycles. The lowest BCUT2D eigenvalue weighted by atomic mass is 9.70. The van der Waals surface area contributed by atoms with Gasteiger partial charge in [0, 0.05) is 57.6 Å². The smallest absolute Gasteiger partial charge is 0.0965 e. The highest BCUT2D eigenvalue weighted by Gasteiger charge is 2.53. The van der Waals surface area contributed by atoms with E-state index in [0.29, 0.717) is 0 Å². The van der Waals surface area contributed by atoms with E-state index in [9.17, 15) is 0 Å². The van der Waals surface area contributed by atoms with Crippen LogP contribution in [-0.4, -0.2) is 9.97 Å². The first-order valence-electron chi connectivity index (χ1n) is 31.1. The van der Waals surface area contributed by atoms with Gasteiger partial charge in [0.2, 0.25) is 0 Å². The van der Waals surface area contributed by atoms with E-state index in [2.05, 4.69) is 325 Å². The molecular weight excluding hydrogens is 1090 g/mol. The average molecular weight is 1140 g/mol. The molecule has 0 saturated heterocycles. The van der Waals surface area contributed by atoms with Gasteiger partial charge in [0.1, 0.15) is 0 Å². The second-order valence-corrected chi connectivity index (χ2v) is 24.3. The molecule has 4 heteroatoms. The number of fused-ring (bicyclic) bond motifs is 22. The van der Waals surface area contributed by atoms with Crippen LogP contribution in [-0.2, 0) is 10.8 Å². The van der Waals surface area contributed by atoms with Gasteiger partial charge >= 0.3 is 0 Å². The molecule has 0 amide bonds. The summed E-state index contributed by atoms with van der Waals surface area (Å²) in [6.07, 6.45) is 3.61. The number of aromatic nitrogens is 2. The molecule has 19 rings (SSSR count). The maximum Gasteiger partial charge on any atom is 0.0965 e. The van der Waals surface area contributed by atoms with Gasteiger partial charge < -0.3 is 9.80 Å². The zero-order valence-corrected chi connectivity index (χ0v) is 49.0. The fourth-order valence-corrected chi connectivity index (χ4v) is 16.3. The van der Waals surface area contributed by atoms with Crippen molar-refractivity contribution in [3.63, 3.8) is 0 Å².